The highest BCUT2D eigenvalue weighted by Gasteiger charge is 2.21. The maximum absolute atomic E-state index is 11.7. The van der Waals surface area contributed by atoms with E-state index in [0.29, 0.717) is 11.0 Å². The van der Waals surface area contributed by atoms with Crippen molar-refractivity contribution in [3.8, 4) is 0 Å². The van der Waals surface area contributed by atoms with Gasteiger partial charge in [0.25, 0.3) is 0 Å². The van der Waals surface area contributed by atoms with Crippen molar-refractivity contribution in [3.05, 3.63) is 64.1 Å². The minimum Gasteiger partial charge on any atom is -0.368 e. The maximum Gasteiger partial charge on any atom is 0.235 e. The number of thioether (sulfide) groups is 1. The van der Waals surface area contributed by atoms with Gasteiger partial charge in [0.05, 0.1) is 0 Å². The van der Waals surface area contributed by atoms with Crippen LogP contribution in [0.3, 0.4) is 0 Å². The van der Waals surface area contributed by atoms with Crippen LogP contribution >= 0.6 is 23.1 Å². The van der Waals surface area contributed by atoms with E-state index in [1.807, 2.05) is 60.0 Å². The van der Waals surface area contributed by atoms with Crippen molar-refractivity contribution in [1.82, 2.24) is 15.2 Å². The third kappa shape index (κ3) is 4.08. The van der Waals surface area contributed by atoms with E-state index in [1.165, 1.54) is 11.8 Å². The summed E-state index contributed by atoms with van der Waals surface area (Å²) in [6.07, 6.45) is 3.81. The molecule has 3 N–H and O–H groups in total. The fourth-order valence-corrected chi connectivity index (χ4v) is 3.44. The zero-order valence-electron chi connectivity index (χ0n) is 12.0. The minimum atomic E-state index is -0.513. The van der Waals surface area contributed by atoms with E-state index in [0.717, 1.165) is 10.4 Å². The maximum atomic E-state index is 11.7. The third-order valence-electron chi connectivity index (χ3n) is 3.01. The predicted octanol–water partition coefficient (Wildman–Crippen LogP) is 3.36. The van der Waals surface area contributed by atoms with Crippen LogP contribution < -0.4 is 5.73 Å². The summed E-state index contributed by atoms with van der Waals surface area (Å²) in [4.78, 5) is 17.2. The summed E-state index contributed by atoms with van der Waals surface area (Å²) in [5, 5.41) is 8.97. The van der Waals surface area contributed by atoms with Crippen molar-refractivity contribution < 1.29 is 4.79 Å². The lowest BCUT2D eigenvalue weighted by molar-refractivity contribution is -0.117. The Morgan fingerprint density at radius 1 is 1.22 bits per heavy atom. The molecule has 7 heteroatoms. The minimum absolute atomic E-state index is 0.415. The molecule has 1 amide bonds. The first-order valence-electron chi connectivity index (χ1n) is 6.87. The smallest absolute Gasteiger partial charge is 0.235 e. The number of H-pyrrole nitrogens is 1. The van der Waals surface area contributed by atoms with Crippen LogP contribution in [-0.4, -0.2) is 21.1 Å². The normalized spacial score (nSPS) is 12.5. The molecule has 5 nitrogen and oxygen atoms in total. The third-order valence-corrected chi connectivity index (χ3v) is 4.99. The molecular weight excluding hydrogens is 328 g/mol. The number of rotatable bonds is 6. The van der Waals surface area contributed by atoms with Gasteiger partial charge in [0, 0.05) is 4.88 Å². The fraction of sp³-hybridized carbons (Fsp3) is 0.0625. The van der Waals surface area contributed by atoms with Gasteiger partial charge in [0.2, 0.25) is 11.1 Å². The summed E-state index contributed by atoms with van der Waals surface area (Å²) in [7, 11) is 0. The molecule has 0 fully saturated rings. The van der Waals surface area contributed by atoms with Crippen LogP contribution in [0.5, 0.6) is 0 Å². The van der Waals surface area contributed by atoms with E-state index in [1.54, 1.807) is 11.3 Å². The number of benzene rings is 1. The fourth-order valence-electron chi connectivity index (χ4n) is 1.96. The lowest BCUT2D eigenvalue weighted by Gasteiger charge is -2.10. The molecule has 0 aliphatic heterocycles. The summed E-state index contributed by atoms with van der Waals surface area (Å²) in [5.74, 6) is 0.221. The number of hydrogen-bond acceptors (Lipinski definition) is 5. The second kappa shape index (κ2) is 7.26. The SMILES string of the molecule is NC(=O)C(Sc1n[nH]c(C=Cc2cccs2)n1)c1ccccc1. The molecular formula is C16H14N4OS2. The Bertz CT molecular complexity index is 797. The standard InChI is InChI=1S/C16H14N4OS2/c17-15(21)14(11-5-2-1-3-6-11)23-16-18-13(19-20-16)9-8-12-7-4-10-22-12/h1-10,14H,(H2,17,21)(H,18,19,20). The van der Waals surface area contributed by atoms with Gasteiger partial charge in [-0.1, -0.05) is 48.2 Å². The van der Waals surface area contributed by atoms with Gasteiger partial charge in [-0.2, -0.15) is 0 Å². The summed E-state index contributed by atoms with van der Waals surface area (Å²) in [6, 6.07) is 13.4. The quantitative estimate of drug-likeness (QED) is 0.673. The number of nitrogens with two attached hydrogens (primary N) is 1. The number of amides is 1. The summed E-state index contributed by atoms with van der Waals surface area (Å²) >= 11 is 2.88. The van der Waals surface area contributed by atoms with Crippen LogP contribution in [-0.2, 0) is 4.79 Å². The van der Waals surface area contributed by atoms with Crippen molar-refractivity contribution in [1.29, 1.82) is 0 Å². The Hall–Kier alpha value is -2.38. The molecule has 0 radical (unpaired) electrons. The molecule has 0 aliphatic carbocycles. The van der Waals surface area contributed by atoms with Gasteiger partial charge in [-0.3, -0.25) is 9.89 Å². The first-order chi connectivity index (χ1) is 11.2. The predicted molar refractivity (Wildman–Crippen MR) is 93.9 cm³/mol. The Morgan fingerprint density at radius 3 is 2.74 bits per heavy atom. The molecule has 3 aromatic rings. The summed E-state index contributed by atoms with van der Waals surface area (Å²) < 4.78 is 0. The molecule has 3 rings (SSSR count). The van der Waals surface area contributed by atoms with E-state index < -0.39 is 11.2 Å². The van der Waals surface area contributed by atoms with E-state index >= 15 is 0 Å². The Balaban J connectivity index is 1.73. The molecule has 2 heterocycles. The van der Waals surface area contributed by atoms with Crippen LogP contribution in [0.25, 0.3) is 12.2 Å². The average Bonchev–Trinajstić information content (AvgIpc) is 3.23. The Morgan fingerprint density at radius 2 is 2.04 bits per heavy atom. The second-order valence-electron chi connectivity index (χ2n) is 4.66. The number of nitrogens with zero attached hydrogens (tertiary/aromatic N) is 2. The second-order valence-corrected chi connectivity index (χ2v) is 6.71. The summed E-state index contributed by atoms with van der Waals surface area (Å²) in [6.45, 7) is 0. The van der Waals surface area contributed by atoms with Crippen LogP contribution in [0.15, 0.2) is 53.0 Å². The van der Waals surface area contributed by atoms with Gasteiger partial charge in [-0.15, -0.1) is 16.4 Å². The lowest BCUT2D eigenvalue weighted by Crippen LogP contribution is -2.19. The van der Waals surface area contributed by atoms with Crippen LogP contribution in [0.4, 0.5) is 0 Å². The molecule has 0 aliphatic rings. The van der Waals surface area contributed by atoms with Crippen LogP contribution in [0, 0.1) is 0 Å². The van der Waals surface area contributed by atoms with Gasteiger partial charge in [-0.05, 0) is 29.2 Å². The number of hydrogen-bond donors (Lipinski definition) is 2. The van der Waals surface area contributed by atoms with Crippen molar-refractivity contribution in [2.45, 2.75) is 10.4 Å². The molecule has 116 valence electrons. The number of aromatic nitrogens is 3. The molecule has 1 aromatic carbocycles. The molecule has 1 unspecified atom stereocenters. The summed E-state index contributed by atoms with van der Waals surface area (Å²) in [5.41, 5.74) is 6.35. The number of thiophene rings is 1. The van der Waals surface area contributed by atoms with Crippen LogP contribution in [0.1, 0.15) is 21.5 Å². The highest BCUT2D eigenvalue weighted by Crippen LogP contribution is 2.32. The average molecular weight is 342 g/mol. The molecule has 0 saturated heterocycles. The number of carbonyl (C=O) groups is 1. The Kier molecular flexibility index (Phi) is 4.89. The van der Waals surface area contributed by atoms with E-state index in [-0.39, 0.29) is 0 Å². The largest absolute Gasteiger partial charge is 0.368 e. The zero-order chi connectivity index (χ0) is 16.1. The van der Waals surface area contributed by atoms with Gasteiger partial charge in [0.15, 0.2) is 0 Å². The van der Waals surface area contributed by atoms with E-state index in [9.17, 15) is 4.79 Å². The first-order valence-corrected chi connectivity index (χ1v) is 8.63. The first kappa shape index (κ1) is 15.5. The van der Waals surface area contributed by atoms with Crippen molar-refractivity contribution >= 4 is 41.2 Å². The highest BCUT2D eigenvalue weighted by molar-refractivity contribution is 8.00. The molecule has 0 spiro atoms. The number of aromatic amines is 1. The number of primary amides is 1. The monoisotopic (exact) mass is 342 g/mol. The van der Waals surface area contributed by atoms with Crippen molar-refractivity contribution in [3.63, 3.8) is 0 Å². The molecule has 23 heavy (non-hydrogen) atoms. The topological polar surface area (TPSA) is 84.7 Å². The van der Waals surface area contributed by atoms with Gasteiger partial charge < -0.3 is 5.73 Å². The molecule has 0 saturated carbocycles. The van der Waals surface area contributed by atoms with E-state index in [2.05, 4.69) is 15.2 Å². The van der Waals surface area contributed by atoms with Crippen molar-refractivity contribution in [2.75, 3.05) is 0 Å². The number of nitrogens with one attached hydrogen (secondary N) is 1. The van der Waals surface area contributed by atoms with Gasteiger partial charge in [0.1, 0.15) is 11.1 Å². The molecule has 2 aromatic heterocycles. The number of carbonyl (C=O) groups excluding carboxylic acids is 1. The van der Waals surface area contributed by atoms with E-state index in [4.69, 9.17) is 5.73 Å². The molecule has 1 atom stereocenters. The lowest BCUT2D eigenvalue weighted by atomic mass is 10.1. The van der Waals surface area contributed by atoms with Crippen molar-refractivity contribution in [2.24, 2.45) is 5.73 Å². The zero-order valence-corrected chi connectivity index (χ0v) is 13.7. The van der Waals surface area contributed by atoms with Gasteiger partial charge in [-0.25, -0.2) is 4.98 Å². The molecule has 0 bridgehead atoms. The van der Waals surface area contributed by atoms with Gasteiger partial charge >= 0.3 is 0 Å². The Labute approximate surface area is 141 Å². The highest BCUT2D eigenvalue weighted by atomic mass is 32.2. The van der Waals surface area contributed by atoms with Crippen LogP contribution in [0.2, 0.25) is 0 Å².